The summed E-state index contributed by atoms with van der Waals surface area (Å²) in [6.07, 6.45) is 0. The molecule has 0 saturated heterocycles. The Hall–Kier alpha value is -2.95. The van der Waals surface area contributed by atoms with Crippen molar-refractivity contribution in [3.8, 4) is 28.4 Å². The number of hydrogen-bond acceptors (Lipinski definition) is 7. The van der Waals surface area contributed by atoms with Crippen LogP contribution in [0.1, 0.15) is 10.4 Å². The molecule has 0 aliphatic carbocycles. The van der Waals surface area contributed by atoms with Gasteiger partial charge >= 0.3 is 21.6 Å². The molecule has 2 aromatic carbocycles. The third-order valence-corrected chi connectivity index (χ3v) is 4.55. The molecule has 0 amide bonds. The average molecular weight is 420 g/mol. The highest BCUT2D eigenvalue weighted by molar-refractivity contribution is 7.88. The first-order chi connectivity index (χ1) is 13.0. The van der Waals surface area contributed by atoms with Gasteiger partial charge in [-0.2, -0.15) is 21.6 Å². The maximum absolute atomic E-state index is 12.7. The van der Waals surface area contributed by atoms with Gasteiger partial charge in [0.25, 0.3) is 0 Å². The predicted molar refractivity (Wildman–Crippen MR) is 91.9 cm³/mol. The maximum Gasteiger partial charge on any atom is 0.534 e. The fourth-order valence-corrected chi connectivity index (χ4v) is 2.70. The zero-order valence-corrected chi connectivity index (χ0v) is 15.7. The lowest BCUT2D eigenvalue weighted by atomic mass is 10.0. The van der Waals surface area contributed by atoms with E-state index in [1.165, 1.54) is 26.4 Å². The van der Waals surface area contributed by atoms with Crippen LogP contribution in [0.3, 0.4) is 0 Å². The molecule has 0 atom stereocenters. The summed E-state index contributed by atoms with van der Waals surface area (Å²) in [5.41, 5.74) is -5.44. The fraction of sp³-hybridized carbons (Fsp3) is 0.235. The van der Waals surface area contributed by atoms with Crippen LogP contribution in [0.25, 0.3) is 11.1 Å². The largest absolute Gasteiger partial charge is 0.534 e. The van der Waals surface area contributed by atoms with E-state index in [1.807, 2.05) is 0 Å². The molecule has 0 N–H and O–H groups in total. The molecule has 2 aromatic rings. The minimum atomic E-state index is -5.99. The molecule has 0 saturated carbocycles. The molecule has 28 heavy (non-hydrogen) atoms. The molecular weight excluding hydrogens is 405 g/mol. The number of hydrogen-bond donors (Lipinski definition) is 0. The highest BCUT2D eigenvalue weighted by atomic mass is 32.2. The van der Waals surface area contributed by atoms with Crippen molar-refractivity contribution in [2.75, 3.05) is 21.3 Å². The molecule has 152 valence electrons. The van der Waals surface area contributed by atoms with Crippen LogP contribution in [0.15, 0.2) is 36.4 Å². The van der Waals surface area contributed by atoms with Gasteiger partial charge in [-0.1, -0.05) is 12.1 Å². The Morgan fingerprint density at radius 3 is 1.89 bits per heavy atom. The molecule has 11 heteroatoms. The lowest BCUT2D eigenvalue weighted by Gasteiger charge is -2.14. The number of carbonyl (C=O) groups excluding carboxylic acids is 1. The second kappa shape index (κ2) is 7.97. The van der Waals surface area contributed by atoms with E-state index in [-0.39, 0.29) is 5.56 Å². The van der Waals surface area contributed by atoms with Gasteiger partial charge in [-0.25, -0.2) is 4.79 Å². The fourth-order valence-electron chi connectivity index (χ4n) is 2.23. The average Bonchev–Trinajstić information content (AvgIpc) is 2.65. The van der Waals surface area contributed by atoms with E-state index in [4.69, 9.17) is 9.47 Å². The number of carbonyl (C=O) groups is 1. The quantitative estimate of drug-likeness (QED) is 0.402. The van der Waals surface area contributed by atoms with Crippen molar-refractivity contribution in [2.45, 2.75) is 5.51 Å². The summed E-state index contributed by atoms with van der Waals surface area (Å²) in [6.45, 7) is 0. The smallest absolute Gasteiger partial charge is 0.493 e. The molecular formula is C17H15F3O7S. The molecule has 0 heterocycles. The Labute approximate surface area is 158 Å². The summed E-state index contributed by atoms with van der Waals surface area (Å²) in [7, 11) is -2.17. The monoisotopic (exact) mass is 420 g/mol. The van der Waals surface area contributed by atoms with Crippen LogP contribution >= 0.6 is 0 Å². The van der Waals surface area contributed by atoms with Gasteiger partial charge in [0.2, 0.25) is 0 Å². The third-order valence-electron chi connectivity index (χ3n) is 3.59. The second-order valence-electron chi connectivity index (χ2n) is 5.26. The van der Waals surface area contributed by atoms with Gasteiger partial charge in [0, 0.05) is 0 Å². The second-order valence-corrected chi connectivity index (χ2v) is 6.79. The summed E-state index contributed by atoms with van der Waals surface area (Å²) in [6, 6.07) is 8.11. The SMILES string of the molecule is COC(=O)c1ccc(-c2ccc(OC)c(OC)c2)cc1OS(=O)(=O)C(F)(F)F. The minimum absolute atomic E-state index is 0.265. The van der Waals surface area contributed by atoms with Crippen molar-refractivity contribution >= 4 is 16.1 Å². The molecule has 0 radical (unpaired) electrons. The van der Waals surface area contributed by atoms with Gasteiger partial charge in [0.05, 0.1) is 21.3 Å². The molecule has 0 spiro atoms. The van der Waals surface area contributed by atoms with Crippen molar-refractivity contribution in [2.24, 2.45) is 0 Å². The van der Waals surface area contributed by atoms with Crippen LogP contribution in [0.4, 0.5) is 13.2 Å². The first-order valence-corrected chi connectivity index (χ1v) is 8.90. The number of halogens is 3. The van der Waals surface area contributed by atoms with Crippen molar-refractivity contribution in [1.29, 1.82) is 0 Å². The Morgan fingerprint density at radius 1 is 0.857 bits per heavy atom. The Kier molecular flexibility index (Phi) is 6.07. The lowest BCUT2D eigenvalue weighted by molar-refractivity contribution is -0.0500. The van der Waals surface area contributed by atoms with E-state index >= 15 is 0 Å². The summed E-state index contributed by atoms with van der Waals surface area (Å²) in [5, 5.41) is 0. The van der Waals surface area contributed by atoms with E-state index in [0.717, 1.165) is 19.2 Å². The van der Waals surface area contributed by atoms with Crippen LogP contribution < -0.4 is 13.7 Å². The molecule has 0 aliphatic heterocycles. The minimum Gasteiger partial charge on any atom is -0.493 e. The number of ether oxygens (including phenoxy) is 3. The van der Waals surface area contributed by atoms with Crippen LogP contribution in [0, 0.1) is 0 Å². The molecule has 0 unspecified atom stereocenters. The normalized spacial score (nSPS) is 11.6. The Bertz CT molecular complexity index is 985. The van der Waals surface area contributed by atoms with Gasteiger partial charge in [-0.15, -0.1) is 0 Å². The highest BCUT2D eigenvalue weighted by Gasteiger charge is 2.49. The first-order valence-electron chi connectivity index (χ1n) is 7.49. The van der Waals surface area contributed by atoms with Crippen LogP contribution in [-0.2, 0) is 14.9 Å². The zero-order valence-electron chi connectivity index (χ0n) is 14.9. The van der Waals surface area contributed by atoms with Crippen molar-refractivity contribution in [3.63, 3.8) is 0 Å². The molecule has 2 rings (SSSR count). The topological polar surface area (TPSA) is 88.1 Å². The third kappa shape index (κ3) is 4.30. The summed E-state index contributed by atoms with van der Waals surface area (Å²) < 4.78 is 79.7. The predicted octanol–water partition coefficient (Wildman–Crippen LogP) is 3.39. The van der Waals surface area contributed by atoms with Gasteiger partial charge in [-0.05, 0) is 35.4 Å². The van der Waals surface area contributed by atoms with Gasteiger partial charge in [0.15, 0.2) is 17.2 Å². The van der Waals surface area contributed by atoms with E-state index in [2.05, 4.69) is 8.92 Å². The summed E-state index contributed by atoms with van der Waals surface area (Å²) in [4.78, 5) is 11.8. The van der Waals surface area contributed by atoms with Gasteiger partial charge < -0.3 is 18.4 Å². The zero-order chi connectivity index (χ0) is 21.1. The summed E-state index contributed by atoms with van der Waals surface area (Å²) >= 11 is 0. The molecule has 0 bridgehead atoms. The number of alkyl halides is 3. The number of esters is 1. The van der Waals surface area contributed by atoms with Gasteiger partial charge in [0.1, 0.15) is 5.56 Å². The lowest BCUT2D eigenvalue weighted by Crippen LogP contribution is -2.28. The number of rotatable bonds is 6. The standard InChI is InChI=1S/C17H15F3O7S/c1-24-13-7-5-11(9-15(13)25-2)10-4-6-12(16(21)26-3)14(8-10)27-28(22,23)17(18,19)20/h4-9H,1-3H3. The molecule has 0 aromatic heterocycles. The van der Waals surface area contributed by atoms with E-state index in [9.17, 15) is 26.4 Å². The van der Waals surface area contributed by atoms with E-state index in [1.54, 1.807) is 12.1 Å². The Morgan fingerprint density at radius 2 is 1.39 bits per heavy atom. The van der Waals surface area contributed by atoms with Crippen molar-refractivity contribution < 1.29 is 44.8 Å². The van der Waals surface area contributed by atoms with Crippen LogP contribution in [-0.4, -0.2) is 41.2 Å². The van der Waals surface area contributed by atoms with Crippen molar-refractivity contribution in [1.82, 2.24) is 0 Å². The summed E-state index contributed by atoms with van der Waals surface area (Å²) in [5.74, 6) is -1.14. The molecule has 7 nitrogen and oxygen atoms in total. The molecule has 0 fully saturated rings. The van der Waals surface area contributed by atoms with Crippen LogP contribution in [0.2, 0.25) is 0 Å². The number of methoxy groups -OCH3 is 3. The highest BCUT2D eigenvalue weighted by Crippen LogP contribution is 2.36. The van der Waals surface area contributed by atoms with E-state index < -0.39 is 32.9 Å². The molecule has 0 aliphatic rings. The van der Waals surface area contributed by atoms with Crippen molar-refractivity contribution in [3.05, 3.63) is 42.0 Å². The van der Waals surface area contributed by atoms with Gasteiger partial charge in [-0.3, -0.25) is 0 Å². The first kappa shape index (κ1) is 21.4. The van der Waals surface area contributed by atoms with E-state index in [0.29, 0.717) is 17.1 Å². The van der Waals surface area contributed by atoms with Crippen LogP contribution in [0.5, 0.6) is 17.2 Å². The maximum atomic E-state index is 12.7. The Balaban J connectivity index is 2.59. The number of benzene rings is 2.